The summed E-state index contributed by atoms with van der Waals surface area (Å²) >= 11 is 0. The Hall–Kier alpha value is -1.74. The van der Waals surface area contributed by atoms with Crippen LogP contribution in [0.25, 0.3) is 0 Å². The first-order valence-corrected chi connectivity index (χ1v) is 5.78. The number of alkyl halides is 4. The molecule has 0 aromatic heterocycles. The van der Waals surface area contributed by atoms with E-state index in [1.807, 2.05) is 5.32 Å². The maximum Gasteiger partial charge on any atom is 0.387 e. The summed E-state index contributed by atoms with van der Waals surface area (Å²) in [4.78, 5) is 11.7. The second kappa shape index (κ2) is 8.64. The summed E-state index contributed by atoms with van der Waals surface area (Å²) in [6.45, 7) is -4.99. The second-order valence-corrected chi connectivity index (χ2v) is 3.99. The smallest absolute Gasteiger partial charge is 0.387 e. The molecule has 1 aromatic carbocycles. The molecule has 0 unspecified atom stereocenters. The van der Waals surface area contributed by atoms with Crippen molar-refractivity contribution in [2.45, 2.75) is 12.5 Å². The summed E-state index contributed by atoms with van der Waals surface area (Å²) < 4.78 is 59.3. The van der Waals surface area contributed by atoms with Crippen LogP contribution in [0, 0.1) is 0 Å². The van der Waals surface area contributed by atoms with Gasteiger partial charge in [0.1, 0.15) is 0 Å². The minimum atomic E-state index is -3.25. The van der Waals surface area contributed by atoms with Gasteiger partial charge in [-0.1, -0.05) is 0 Å². The van der Waals surface area contributed by atoms with E-state index < -0.39 is 31.5 Å². The molecule has 0 saturated heterocycles. The summed E-state index contributed by atoms with van der Waals surface area (Å²) in [5.74, 6) is -4.50. The molecule has 0 radical (unpaired) electrons. The van der Waals surface area contributed by atoms with Crippen molar-refractivity contribution < 1.29 is 31.8 Å². The molecule has 0 aliphatic heterocycles. The van der Waals surface area contributed by atoms with Gasteiger partial charge in [0.05, 0.1) is 20.2 Å². The molecule has 0 saturated carbocycles. The van der Waals surface area contributed by atoms with Gasteiger partial charge in [0.25, 0.3) is 11.8 Å². The quantitative estimate of drug-likeness (QED) is 0.741. The first-order chi connectivity index (χ1) is 9.79. The average molecular weight is 347 g/mol. The SMILES string of the molecule is COc1ccc(C(=O)NCC(F)(F)CN)cc1OC(F)F.Cl. The van der Waals surface area contributed by atoms with Crippen molar-refractivity contribution >= 4 is 18.3 Å². The fourth-order valence-corrected chi connectivity index (χ4v) is 1.39. The van der Waals surface area contributed by atoms with Crippen LogP contribution in [0.2, 0.25) is 0 Å². The Morgan fingerprint density at radius 1 is 1.36 bits per heavy atom. The van der Waals surface area contributed by atoms with Gasteiger partial charge < -0.3 is 20.5 Å². The van der Waals surface area contributed by atoms with Crippen molar-refractivity contribution in [1.82, 2.24) is 5.32 Å². The predicted molar refractivity (Wildman–Crippen MR) is 73.2 cm³/mol. The topological polar surface area (TPSA) is 73.6 Å². The van der Waals surface area contributed by atoms with E-state index in [2.05, 4.69) is 4.74 Å². The molecular weight excluding hydrogens is 332 g/mol. The van der Waals surface area contributed by atoms with Gasteiger partial charge >= 0.3 is 6.61 Å². The molecule has 126 valence electrons. The Morgan fingerprint density at radius 3 is 2.50 bits per heavy atom. The lowest BCUT2D eigenvalue weighted by molar-refractivity contribution is -0.0512. The molecule has 0 fully saturated rings. The molecule has 1 aromatic rings. The van der Waals surface area contributed by atoms with Crippen molar-refractivity contribution in [3.05, 3.63) is 23.8 Å². The zero-order valence-electron chi connectivity index (χ0n) is 11.4. The van der Waals surface area contributed by atoms with Crippen molar-refractivity contribution in [3.8, 4) is 11.5 Å². The van der Waals surface area contributed by atoms with Crippen molar-refractivity contribution in [1.29, 1.82) is 0 Å². The zero-order valence-corrected chi connectivity index (χ0v) is 12.3. The fraction of sp³-hybridized carbons (Fsp3) is 0.417. The van der Waals surface area contributed by atoms with Gasteiger partial charge in [-0.25, -0.2) is 8.78 Å². The number of methoxy groups -OCH3 is 1. The number of carbonyl (C=O) groups is 1. The maximum atomic E-state index is 12.9. The molecule has 0 spiro atoms. The highest BCUT2D eigenvalue weighted by molar-refractivity contribution is 5.94. The zero-order chi connectivity index (χ0) is 16.0. The maximum absolute atomic E-state index is 12.9. The summed E-state index contributed by atoms with van der Waals surface area (Å²) in [6, 6.07) is 3.42. The number of amides is 1. The Morgan fingerprint density at radius 2 is 2.00 bits per heavy atom. The Kier molecular flexibility index (Phi) is 7.96. The highest BCUT2D eigenvalue weighted by Crippen LogP contribution is 2.29. The van der Waals surface area contributed by atoms with Crippen LogP contribution in [0.15, 0.2) is 18.2 Å². The number of carbonyl (C=O) groups excluding carboxylic acids is 1. The molecule has 0 heterocycles. The highest BCUT2D eigenvalue weighted by atomic mass is 35.5. The van der Waals surface area contributed by atoms with Crippen molar-refractivity contribution in [2.24, 2.45) is 5.73 Å². The molecule has 0 atom stereocenters. The average Bonchev–Trinajstić information content (AvgIpc) is 2.44. The van der Waals surface area contributed by atoms with E-state index in [0.29, 0.717) is 0 Å². The Bertz CT molecular complexity index is 503. The molecule has 22 heavy (non-hydrogen) atoms. The summed E-state index contributed by atoms with van der Waals surface area (Å²) in [7, 11) is 1.23. The molecule has 0 bridgehead atoms. The van der Waals surface area contributed by atoms with Crippen LogP contribution in [0.1, 0.15) is 10.4 Å². The van der Waals surface area contributed by atoms with Crippen LogP contribution in [0.5, 0.6) is 11.5 Å². The second-order valence-electron chi connectivity index (χ2n) is 3.99. The number of halogens is 5. The Labute approximate surface area is 130 Å². The molecule has 1 amide bonds. The number of ether oxygens (including phenoxy) is 2. The van der Waals surface area contributed by atoms with Gasteiger partial charge in [-0.3, -0.25) is 4.79 Å². The third-order valence-corrected chi connectivity index (χ3v) is 2.45. The van der Waals surface area contributed by atoms with Crippen LogP contribution in [-0.2, 0) is 0 Å². The number of hydrogen-bond acceptors (Lipinski definition) is 4. The predicted octanol–water partition coefficient (Wildman–Crippen LogP) is 2.04. The van der Waals surface area contributed by atoms with E-state index in [9.17, 15) is 22.4 Å². The van der Waals surface area contributed by atoms with Gasteiger partial charge in [0.15, 0.2) is 11.5 Å². The fourth-order valence-electron chi connectivity index (χ4n) is 1.39. The van der Waals surface area contributed by atoms with E-state index in [1.54, 1.807) is 0 Å². The van der Waals surface area contributed by atoms with Gasteiger partial charge in [-0.05, 0) is 18.2 Å². The van der Waals surface area contributed by atoms with E-state index in [1.165, 1.54) is 19.2 Å². The van der Waals surface area contributed by atoms with Crippen LogP contribution in [-0.4, -0.2) is 38.6 Å². The van der Waals surface area contributed by atoms with Gasteiger partial charge in [0, 0.05) is 5.56 Å². The van der Waals surface area contributed by atoms with E-state index >= 15 is 0 Å². The lowest BCUT2D eigenvalue weighted by Gasteiger charge is -2.15. The minimum Gasteiger partial charge on any atom is -0.493 e. The van der Waals surface area contributed by atoms with E-state index in [4.69, 9.17) is 10.5 Å². The number of hydrogen-bond donors (Lipinski definition) is 2. The molecule has 0 aliphatic carbocycles. The lowest BCUT2D eigenvalue weighted by atomic mass is 10.2. The molecule has 5 nitrogen and oxygen atoms in total. The van der Waals surface area contributed by atoms with Gasteiger partial charge in [-0.2, -0.15) is 8.78 Å². The standard InChI is InChI=1S/C12H14F4N2O3.ClH/c1-20-8-3-2-7(4-9(8)21-11(13)14)10(19)18-6-12(15,16)5-17;/h2-4,11H,5-6,17H2,1H3,(H,18,19);1H. The molecule has 10 heteroatoms. The number of benzene rings is 1. The van der Waals surface area contributed by atoms with Gasteiger partial charge in [-0.15, -0.1) is 12.4 Å². The lowest BCUT2D eigenvalue weighted by Crippen LogP contribution is -2.41. The first-order valence-electron chi connectivity index (χ1n) is 5.78. The first kappa shape index (κ1) is 20.3. The Balaban J connectivity index is 0.00000441. The van der Waals surface area contributed by atoms with E-state index in [0.717, 1.165) is 6.07 Å². The minimum absolute atomic E-state index is 0. The molecule has 0 aliphatic rings. The third-order valence-electron chi connectivity index (χ3n) is 2.45. The monoisotopic (exact) mass is 346 g/mol. The van der Waals surface area contributed by atoms with Crippen LogP contribution in [0.4, 0.5) is 17.6 Å². The molecular formula is C12H15ClF4N2O3. The summed E-state index contributed by atoms with van der Waals surface area (Å²) in [5, 5.41) is 1.96. The molecule has 1 rings (SSSR count). The third kappa shape index (κ3) is 5.94. The van der Waals surface area contributed by atoms with Crippen LogP contribution < -0.4 is 20.5 Å². The van der Waals surface area contributed by atoms with Crippen molar-refractivity contribution in [2.75, 3.05) is 20.2 Å². The molecule has 3 N–H and O–H groups in total. The number of rotatable bonds is 7. The summed E-state index contributed by atoms with van der Waals surface area (Å²) in [6.07, 6.45) is 0. The van der Waals surface area contributed by atoms with Gasteiger partial charge in [0.2, 0.25) is 0 Å². The van der Waals surface area contributed by atoms with Crippen LogP contribution >= 0.6 is 12.4 Å². The van der Waals surface area contributed by atoms with Crippen molar-refractivity contribution in [3.63, 3.8) is 0 Å². The van der Waals surface area contributed by atoms with E-state index in [-0.39, 0.29) is 29.5 Å². The highest BCUT2D eigenvalue weighted by Gasteiger charge is 2.27. The van der Waals surface area contributed by atoms with Crippen LogP contribution in [0.3, 0.4) is 0 Å². The summed E-state index contributed by atoms with van der Waals surface area (Å²) in [5.41, 5.74) is 4.70. The normalized spacial score (nSPS) is 10.9. The number of nitrogens with one attached hydrogen (secondary N) is 1. The largest absolute Gasteiger partial charge is 0.493 e. The number of nitrogens with two attached hydrogens (primary N) is 1.